The second-order valence-electron chi connectivity index (χ2n) is 6.25. The summed E-state index contributed by atoms with van der Waals surface area (Å²) in [4.78, 5) is 9.45. The number of fused-ring (bicyclic) bond motifs is 2. The molecule has 0 aliphatic heterocycles. The van der Waals surface area contributed by atoms with E-state index in [4.69, 9.17) is 9.97 Å². The Kier molecular flexibility index (Phi) is 5.60. The van der Waals surface area contributed by atoms with Crippen LogP contribution in [0.2, 0.25) is 0 Å². The molecule has 0 amide bonds. The van der Waals surface area contributed by atoms with Gasteiger partial charge >= 0.3 is 29.6 Å². The van der Waals surface area contributed by atoms with Gasteiger partial charge in [0.05, 0.1) is 27.3 Å². The first-order valence-electron chi connectivity index (χ1n) is 8.26. The van der Waals surface area contributed by atoms with E-state index in [9.17, 15) is 13.0 Å². The van der Waals surface area contributed by atoms with Gasteiger partial charge < -0.3 is 4.55 Å². The number of aromatic nitrogens is 2. The van der Waals surface area contributed by atoms with Crippen molar-refractivity contribution in [2.75, 3.05) is 0 Å². The standard InChI is InChI=1S/C20H12N2O3S3.Na/c23-28(24,25)16-2-1-12-8-17-18(9-15(12)7-16)22-20(14-4-6-27-11-14)19(21-17)13-3-5-26-10-13;/h1-11H,(H,23,24,25);/q;+1/p-1. The van der Waals surface area contributed by atoms with Gasteiger partial charge in [0.15, 0.2) is 0 Å². The van der Waals surface area contributed by atoms with E-state index in [1.165, 1.54) is 12.1 Å². The van der Waals surface area contributed by atoms with E-state index in [0.717, 1.165) is 27.9 Å². The van der Waals surface area contributed by atoms with Crippen LogP contribution in [0.3, 0.4) is 0 Å². The Bertz CT molecular complexity index is 1430. The molecule has 0 N–H and O–H groups in total. The number of hydrogen-bond donors (Lipinski definition) is 0. The summed E-state index contributed by atoms with van der Waals surface area (Å²) in [5, 5.41) is 9.49. The van der Waals surface area contributed by atoms with Crippen molar-refractivity contribution in [1.82, 2.24) is 9.97 Å². The van der Waals surface area contributed by atoms with Gasteiger partial charge in [-0.2, -0.15) is 22.7 Å². The number of nitrogens with zero attached hydrogens (tertiary/aromatic N) is 2. The molecule has 3 aromatic heterocycles. The topological polar surface area (TPSA) is 83.0 Å². The Hall–Kier alpha value is -1.65. The maximum absolute atomic E-state index is 11.3. The third kappa shape index (κ3) is 3.89. The van der Waals surface area contributed by atoms with Crippen LogP contribution >= 0.6 is 22.7 Å². The van der Waals surface area contributed by atoms with E-state index in [1.807, 2.05) is 39.7 Å². The van der Waals surface area contributed by atoms with Crippen molar-refractivity contribution in [1.29, 1.82) is 0 Å². The van der Waals surface area contributed by atoms with Crippen molar-refractivity contribution in [3.63, 3.8) is 0 Å². The maximum Gasteiger partial charge on any atom is 1.00 e. The quantitative estimate of drug-likeness (QED) is 0.241. The van der Waals surface area contributed by atoms with Crippen LogP contribution in [-0.4, -0.2) is 22.9 Å². The molecule has 0 aliphatic rings. The van der Waals surface area contributed by atoms with Crippen LogP contribution in [0.4, 0.5) is 0 Å². The van der Waals surface area contributed by atoms with Gasteiger partial charge in [0, 0.05) is 21.9 Å². The first kappa shape index (κ1) is 20.6. The van der Waals surface area contributed by atoms with Gasteiger partial charge in [0.2, 0.25) is 0 Å². The van der Waals surface area contributed by atoms with Crippen LogP contribution in [0.5, 0.6) is 0 Å². The summed E-state index contributed by atoms with van der Waals surface area (Å²) < 4.78 is 34.0. The summed E-state index contributed by atoms with van der Waals surface area (Å²) in [7, 11) is -4.51. The minimum atomic E-state index is -4.51. The predicted molar refractivity (Wildman–Crippen MR) is 112 cm³/mol. The van der Waals surface area contributed by atoms with Gasteiger partial charge in [-0.1, -0.05) is 6.07 Å². The molecular weight excluding hydrogens is 435 g/mol. The molecule has 3 heterocycles. The molecule has 0 unspecified atom stereocenters. The normalized spacial score (nSPS) is 11.6. The van der Waals surface area contributed by atoms with Crippen LogP contribution in [0.25, 0.3) is 44.3 Å². The third-order valence-electron chi connectivity index (χ3n) is 4.47. The number of thiophene rings is 2. The molecule has 0 fully saturated rings. The zero-order valence-electron chi connectivity index (χ0n) is 15.2. The van der Waals surface area contributed by atoms with Gasteiger partial charge in [-0.15, -0.1) is 0 Å². The van der Waals surface area contributed by atoms with Crippen molar-refractivity contribution in [2.24, 2.45) is 0 Å². The second-order valence-corrected chi connectivity index (χ2v) is 9.19. The second kappa shape index (κ2) is 7.88. The van der Waals surface area contributed by atoms with E-state index >= 15 is 0 Å². The van der Waals surface area contributed by atoms with Gasteiger partial charge in [0.1, 0.15) is 10.1 Å². The van der Waals surface area contributed by atoms with E-state index in [-0.39, 0.29) is 34.5 Å². The summed E-state index contributed by atoms with van der Waals surface area (Å²) in [5.74, 6) is 0. The van der Waals surface area contributed by atoms with Crippen LogP contribution in [0.1, 0.15) is 0 Å². The average molecular weight is 447 g/mol. The monoisotopic (exact) mass is 446 g/mol. The predicted octanol–water partition coefficient (Wildman–Crippen LogP) is 2.15. The smallest absolute Gasteiger partial charge is 0.744 e. The minimum Gasteiger partial charge on any atom is -0.744 e. The Morgan fingerprint density at radius 1 is 0.759 bits per heavy atom. The summed E-state index contributed by atoms with van der Waals surface area (Å²) in [5.41, 5.74) is 4.94. The zero-order valence-corrected chi connectivity index (χ0v) is 19.6. The van der Waals surface area contributed by atoms with Crippen molar-refractivity contribution < 1.29 is 42.5 Å². The number of rotatable bonds is 3. The van der Waals surface area contributed by atoms with Gasteiger partial charge in [0.25, 0.3) is 0 Å². The SMILES string of the molecule is O=S(=O)([O-])c1ccc2cc3nc(-c4ccsc4)c(-c4ccsc4)nc3cc2c1.[Na+]. The molecule has 5 rings (SSSR count). The van der Waals surface area contributed by atoms with E-state index in [2.05, 4.69) is 0 Å². The fourth-order valence-electron chi connectivity index (χ4n) is 3.13. The molecule has 5 aromatic rings. The Morgan fingerprint density at radius 2 is 1.31 bits per heavy atom. The Labute approximate surface area is 197 Å². The van der Waals surface area contributed by atoms with Crippen molar-refractivity contribution in [2.45, 2.75) is 4.90 Å². The molecule has 138 valence electrons. The van der Waals surface area contributed by atoms with Crippen LogP contribution in [-0.2, 0) is 10.1 Å². The Morgan fingerprint density at radius 3 is 1.79 bits per heavy atom. The maximum atomic E-state index is 11.3. The van der Waals surface area contributed by atoms with E-state index in [1.54, 1.807) is 34.8 Å². The molecule has 9 heteroatoms. The van der Waals surface area contributed by atoms with Crippen molar-refractivity contribution >= 4 is 54.6 Å². The summed E-state index contributed by atoms with van der Waals surface area (Å²) in [6.45, 7) is 0. The van der Waals surface area contributed by atoms with Gasteiger partial charge in [-0.25, -0.2) is 18.4 Å². The molecular formula is C20H11N2NaO3S3. The molecule has 0 spiro atoms. The zero-order chi connectivity index (χ0) is 19.3. The summed E-state index contributed by atoms with van der Waals surface area (Å²) >= 11 is 3.19. The molecule has 0 radical (unpaired) electrons. The summed E-state index contributed by atoms with van der Waals surface area (Å²) in [6.07, 6.45) is 0. The third-order valence-corrected chi connectivity index (χ3v) is 6.67. The van der Waals surface area contributed by atoms with Crippen molar-refractivity contribution in [3.05, 3.63) is 64.0 Å². The molecule has 29 heavy (non-hydrogen) atoms. The van der Waals surface area contributed by atoms with E-state index in [0.29, 0.717) is 16.4 Å². The number of hydrogen-bond acceptors (Lipinski definition) is 7. The van der Waals surface area contributed by atoms with E-state index < -0.39 is 10.1 Å². The molecule has 0 saturated carbocycles. The molecule has 0 aliphatic carbocycles. The largest absolute Gasteiger partial charge is 1.00 e. The number of benzene rings is 2. The molecule has 0 bridgehead atoms. The first-order valence-corrected chi connectivity index (χ1v) is 11.5. The minimum absolute atomic E-state index is 0. The van der Waals surface area contributed by atoms with Gasteiger partial charge in [-0.3, -0.25) is 0 Å². The molecule has 0 atom stereocenters. The van der Waals surface area contributed by atoms with Crippen LogP contribution < -0.4 is 29.6 Å². The fraction of sp³-hybridized carbons (Fsp3) is 0. The summed E-state index contributed by atoms with van der Waals surface area (Å²) in [6, 6.07) is 12.0. The molecule has 5 nitrogen and oxygen atoms in total. The van der Waals surface area contributed by atoms with Crippen LogP contribution in [0.15, 0.2) is 68.9 Å². The van der Waals surface area contributed by atoms with Crippen molar-refractivity contribution in [3.8, 4) is 22.5 Å². The van der Waals surface area contributed by atoms with Gasteiger partial charge in [-0.05, 0) is 57.9 Å². The Balaban J connectivity index is 0.00000205. The average Bonchev–Trinajstić information content (AvgIpc) is 3.37. The molecule has 2 aromatic carbocycles. The molecule has 0 saturated heterocycles. The fourth-order valence-corrected chi connectivity index (χ4v) is 4.92. The first-order chi connectivity index (χ1) is 13.5. The van der Waals surface area contributed by atoms with Crippen LogP contribution in [0, 0.1) is 0 Å².